The number of aliphatic hydroxyl groups excluding tert-OH is 1. The highest BCUT2D eigenvalue weighted by molar-refractivity contribution is 7.99. The van der Waals surface area contributed by atoms with Gasteiger partial charge in [-0.05, 0) is 30.9 Å². The molecule has 1 amide bonds. The van der Waals surface area contributed by atoms with Gasteiger partial charge >= 0.3 is 0 Å². The summed E-state index contributed by atoms with van der Waals surface area (Å²) in [6, 6.07) is 0. The van der Waals surface area contributed by atoms with Crippen LogP contribution in [0.4, 0.5) is 0 Å². The third-order valence-corrected chi connectivity index (χ3v) is 3.59. The summed E-state index contributed by atoms with van der Waals surface area (Å²) >= 11 is 1.67. The van der Waals surface area contributed by atoms with Crippen molar-refractivity contribution in [3.05, 3.63) is 0 Å². The minimum atomic E-state index is -0.324. The van der Waals surface area contributed by atoms with Crippen molar-refractivity contribution in [1.82, 2.24) is 5.32 Å². The van der Waals surface area contributed by atoms with E-state index >= 15 is 0 Å². The maximum atomic E-state index is 11.3. The molecule has 1 saturated carbocycles. The van der Waals surface area contributed by atoms with E-state index in [1.54, 1.807) is 11.8 Å². The van der Waals surface area contributed by atoms with Gasteiger partial charge in [-0.25, -0.2) is 0 Å². The Bertz CT molecular complexity index is 195. The second-order valence-corrected chi connectivity index (χ2v) is 5.22. The van der Waals surface area contributed by atoms with Crippen LogP contribution in [0.2, 0.25) is 0 Å². The van der Waals surface area contributed by atoms with Crippen molar-refractivity contribution in [2.24, 2.45) is 5.92 Å². The van der Waals surface area contributed by atoms with Gasteiger partial charge in [0.25, 0.3) is 0 Å². The molecular formula is C11H21NO2S. The quantitative estimate of drug-likeness (QED) is 0.621. The van der Waals surface area contributed by atoms with Crippen molar-refractivity contribution in [2.75, 3.05) is 18.1 Å². The van der Waals surface area contributed by atoms with Gasteiger partial charge in [0.05, 0.1) is 11.9 Å². The fourth-order valence-corrected chi connectivity index (χ4v) is 2.25. The molecule has 88 valence electrons. The van der Waals surface area contributed by atoms with Crippen LogP contribution in [-0.2, 0) is 4.79 Å². The van der Waals surface area contributed by atoms with Crippen molar-refractivity contribution in [3.63, 3.8) is 0 Å². The molecule has 4 heteroatoms. The minimum Gasteiger partial charge on any atom is -0.391 e. The molecule has 1 aliphatic rings. The molecule has 0 bridgehead atoms. The van der Waals surface area contributed by atoms with Gasteiger partial charge in [-0.1, -0.05) is 13.3 Å². The first-order valence-electron chi connectivity index (χ1n) is 5.76. The Morgan fingerprint density at radius 2 is 2.33 bits per heavy atom. The third kappa shape index (κ3) is 6.05. The fraction of sp³-hybridized carbons (Fsp3) is 0.909. The molecule has 0 aromatic carbocycles. The molecule has 0 spiro atoms. The number of unbranched alkanes of at least 4 members (excludes halogenated alkanes) is 1. The van der Waals surface area contributed by atoms with Crippen LogP contribution in [0.1, 0.15) is 32.6 Å². The average Bonchev–Trinajstić information content (AvgIpc) is 3.04. The van der Waals surface area contributed by atoms with E-state index in [0.717, 1.165) is 18.6 Å². The number of rotatable bonds is 8. The van der Waals surface area contributed by atoms with Crippen LogP contribution in [0.25, 0.3) is 0 Å². The summed E-state index contributed by atoms with van der Waals surface area (Å²) < 4.78 is 0. The summed E-state index contributed by atoms with van der Waals surface area (Å²) in [7, 11) is 0. The fourth-order valence-electron chi connectivity index (χ4n) is 1.33. The molecule has 0 heterocycles. The number of thioether (sulfide) groups is 1. The van der Waals surface area contributed by atoms with Crippen molar-refractivity contribution >= 4 is 17.7 Å². The molecule has 1 atom stereocenters. The maximum absolute atomic E-state index is 11.3. The molecule has 2 N–H and O–H groups in total. The summed E-state index contributed by atoms with van der Waals surface area (Å²) in [4.78, 5) is 11.3. The van der Waals surface area contributed by atoms with E-state index in [1.165, 1.54) is 12.8 Å². The Balaban J connectivity index is 1.93. The average molecular weight is 231 g/mol. The standard InChI is InChI=1S/C11H21NO2S/c1-2-3-6-15-8-11(14)12-7-10(13)9-4-5-9/h9-10,13H,2-8H2,1H3,(H,12,14). The SMILES string of the molecule is CCCCSCC(=O)NCC(O)C1CC1. The van der Waals surface area contributed by atoms with E-state index in [1.807, 2.05) is 0 Å². The predicted octanol–water partition coefficient (Wildman–Crippen LogP) is 1.41. The summed E-state index contributed by atoms with van der Waals surface area (Å²) in [5, 5.41) is 12.3. The van der Waals surface area contributed by atoms with Gasteiger partial charge < -0.3 is 10.4 Å². The van der Waals surface area contributed by atoms with Crippen LogP contribution in [-0.4, -0.2) is 35.2 Å². The Labute approximate surface area is 96.0 Å². The molecule has 1 fully saturated rings. The molecule has 1 unspecified atom stereocenters. The van der Waals surface area contributed by atoms with Gasteiger partial charge in [-0.2, -0.15) is 11.8 Å². The third-order valence-electron chi connectivity index (χ3n) is 2.55. The van der Waals surface area contributed by atoms with E-state index in [4.69, 9.17) is 0 Å². The van der Waals surface area contributed by atoms with Crippen molar-refractivity contribution in [1.29, 1.82) is 0 Å². The van der Waals surface area contributed by atoms with Crippen LogP contribution in [0, 0.1) is 5.92 Å². The summed E-state index contributed by atoms with van der Waals surface area (Å²) in [6.45, 7) is 2.57. The minimum absolute atomic E-state index is 0.0517. The van der Waals surface area contributed by atoms with Gasteiger partial charge in [0.1, 0.15) is 0 Å². The molecule has 0 aliphatic heterocycles. The second kappa shape index (κ2) is 7.12. The lowest BCUT2D eigenvalue weighted by atomic mass is 10.2. The molecule has 3 nitrogen and oxygen atoms in total. The Morgan fingerprint density at radius 3 is 2.93 bits per heavy atom. The first-order valence-corrected chi connectivity index (χ1v) is 6.92. The van der Waals surface area contributed by atoms with Crippen LogP contribution >= 0.6 is 11.8 Å². The zero-order chi connectivity index (χ0) is 11.1. The zero-order valence-electron chi connectivity index (χ0n) is 9.37. The summed E-state index contributed by atoms with van der Waals surface area (Å²) in [5.74, 6) is 2.07. The predicted molar refractivity (Wildman–Crippen MR) is 64.0 cm³/mol. The van der Waals surface area contributed by atoms with E-state index in [0.29, 0.717) is 18.2 Å². The molecule has 15 heavy (non-hydrogen) atoms. The maximum Gasteiger partial charge on any atom is 0.230 e. The van der Waals surface area contributed by atoms with Crippen LogP contribution in [0.3, 0.4) is 0 Å². The highest BCUT2D eigenvalue weighted by Gasteiger charge is 2.29. The van der Waals surface area contributed by atoms with Crippen molar-refractivity contribution in [2.45, 2.75) is 38.7 Å². The number of hydrogen-bond acceptors (Lipinski definition) is 3. The van der Waals surface area contributed by atoms with Gasteiger partial charge in [0.15, 0.2) is 0 Å². The Kier molecular flexibility index (Phi) is 6.10. The van der Waals surface area contributed by atoms with E-state index in [-0.39, 0.29) is 12.0 Å². The Morgan fingerprint density at radius 1 is 1.60 bits per heavy atom. The number of hydrogen-bond donors (Lipinski definition) is 2. The van der Waals surface area contributed by atoms with Gasteiger partial charge in [0.2, 0.25) is 5.91 Å². The largest absolute Gasteiger partial charge is 0.391 e. The molecule has 0 saturated heterocycles. The van der Waals surface area contributed by atoms with Crippen LogP contribution < -0.4 is 5.32 Å². The summed E-state index contributed by atoms with van der Waals surface area (Å²) in [5.41, 5.74) is 0. The van der Waals surface area contributed by atoms with Crippen LogP contribution in [0.15, 0.2) is 0 Å². The Hall–Kier alpha value is -0.220. The highest BCUT2D eigenvalue weighted by Crippen LogP contribution is 2.32. The molecular weight excluding hydrogens is 210 g/mol. The molecule has 0 radical (unpaired) electrons. The molecule has 0 aromatic rings. The number of carbonyl (C=O) groups excluding carboxylic acids is 1. The second-order valence-electron chi connectivity index (χ2n) is 4.11. The topological polar surface area (TPSA) is 49.3 Å². The van der Waals surface area contributed by atoms with Crippen molar-refractivity contribution in [3.8, 4) is 0 Å². The molecule has 0 aromatic heterocycles. The van der Waals surface area contributed by atoms with Crippen LogP contribution in [0.5, 0.6) is 0 Å². The van der Waals surface area contributed by atoms with E-state index < -0.39 is 0 Å². The number of carbonyl (C=O) groups is 1. The van der Waals surface area contributed by atoms with E-state index in [2.05, 4.69) is 12.2 Å². The summed E-state index contributed by atoms with van der Waals surface area (Å²) in [6.07, 6.45) is 4.25. The first-order chi connectivity index (χ1) is 7.24. The van der Waals surface area contributed by atoms with Gasteiger partial charge in [0, 0.05) is 6.54 Å². The van der Waals surface area contributed by atoms with Crippen molar-refractivity contribution < 1.29 is 9.90 Å². The highest BCUT2D eigenvalue weighted by atomic mass is 32.2. The number of nitrogens with one attached hydrogen (secondary N) is 1. The molecule has 1 rings (SSSR count). The van der Waals surface area contributed by atoms with Gasteiger partial charge in [-0.15, -0.1) is 0 Å². The zero-order valence-corrected chi connectivity index (χ0v) is 10.2. The lowest BCUT2D eigenvalue weighted by molar-refractivity contribution is -0.119. The monoisotopic (exact) mass is 231 g/mol. The number of amides is 1. The smallest absolute Gasteiger partial charge is 0.230 e. The normalized spacial score (nSPS) is 17.5. The lowest BCUT2D eigenvalue weighted by Crippen LogP contribution is -2.34. The first kappa shape index (κ1) is 12.8. The number of aliphatic hydroxyl groups is 1. The van der Waals surface area contributed by atoms with E-state index in [9.17, 15) is 9.90 Å². The lowest BCUT2D eigenvalue weighted by Gasteiger charge is -2.10. The molecule has 1 aliphatic carbocycles. The van der Waals surface area contributed by atoms with Gasteiger partial charge in [-0.3, -0.25) is 4.79 Å².